The Morgan fingerprint density at radius 2 is 1.91 bits per heavy atom. The third-order valence-corrected chi connectivity index (χ3v) is 4.53. The van der Waals surface area contributed by atoms with Gasteiger partial charge in [-0.1, -0.05) is 17.3 Å². The Morgan fingerprint density at radius 3 is 2.39 bits per heavy atom. The fourth-order valence-corrected chi connectivity index (χ4v) is 2.75. The number of primary sulfonamides is 1. The zero-order valence-electron chi connectivity index (χ0n) is 13.2. The van der Waals surface area contributed by atoms with Gasteiger partial charge in [0.1, 0.15) is 5.76 Å². The highest BCUT2D eigenvalue weighted by Crippen LogP contribution is 2.17. The summed E-state index contributed by atoms with van der Waals surface area (Å²) in [6.07, 6.45) is 0.181. The molecule has 0 aliphatic carbocycles. The van der Waals surface area contributed by atoms with Gasteiger partial charge in [-0.25, -0.2) is 13.6 Å². The van der Waals surface area contributed by atoms with Crippen LogP contribution in [0.15, 0.2) is 33.7 Å². The molecule has 0 aliphatic heterocycles. The quantitative estimate of drug-likeness (QED) is 0.854. The summed E-state index contributed by atoms with van der Waals surface area (Å²) in [7, 11) is -3.72. The fraction of sp³-hybridized carbons (Fsp3) is 0.333. The van der Waals surface area contributed by atoms with E-state index in [2.05, 4.69) is 10.5 Å². The van der Waals surface area contributed by atoms with Gasteiger partial charge < -0.3 is 9.84 Å². The van der Waals surface area contributed by atoms with E-state index in [4.69, 9.17) is 9.66 Å². The molecule has 0 saturated heterocycles. The zero-order chi connectivity index (χ0) is 17.2. The van der Waals surface area contributed by atoms with E-state index in [0.717, 1.165) is 11.1 Å². The number of aryl methyl sites for hydroxylation is 2. The van der Waals surface area contributed by atoms with Crippen LogP contribution in [0.1, 0.15) is 35.5 Å². The van der Waals surface area contributed by atoms with Crippen molar-refractivity contribution in [3.8, 4) is 0 Å². The van der Waals surface area contributed by atoms with Crippen molar-refractivity contribution in [1.29, 1.82) is 0 Å². The molecule has 7 nitrogen and oxygen atoms in total. The number of aromatic nitrogens is 1. The maximum Gasteiger partial charge on any atom is 0.238 e. The van der Waals surface area contributed by atoms with Crippen LogP contribution in [0.4, 0.5) is 0 Å². The Hall–Kier alpha value is -2.19. The van der Waals surface area contributed by atoms with Crippen molar-refractivity contribution < 1.29 is 17.7 Å². The Bertz CT molecular complexity index is 790. The van der Waals surface area contributed by atoms with Gasteiger partial charge in [0.15, 0.2) is 0 Å². The SMILES string of the molecule is Cc1noc(C)c1CC(=O)NC(C)c1ccc(S(N)(=O)=O)cc1. The first-order valence-corrected chi connectivity index (χ1v) is 8.57. The molecule has 0 fully saturated rings. The van der Waals surface area contributed by atoms with Crippen molar-refractivity contribution in [3.63, 3.8) is 0 Å². The topological polar surface area (TPSA) is 115 Å². The number of carbonyl (C=O) groups is 1. The molecule has 1 aromatic heterocycles. The minimum Gasteiger partial charge on any atom is -0.361 e. The van der Waals surface area contributed by atoms with Crippen molar-refractivity contribution in [1.82, 2.24) is 10.5 Å². The molecular formula is C15H19N3O4S. The monoisotopic (exact) mass is 337 g/mol. The van der Waals surface area contributed by atoms with E-state index >= 15 is 0 Å². The minimum absolute atomic E-state index is 0.0375. The van der Waals surface area contributed by atoms with Crippen molar-refractivity contribution in [3.05, 3.63) is 46.8 Å². The molecule has 8 heteroatoms. The van der Waals surface area contributed by atoms with Crippen molar-refractivity contribution in [2.24, 2.45) is 5.14 Å². The number of nitrogens with zero attached hydrogens (tertiary/aromatic N) is 1. The maximum absolute atomic E-state index is 12.1. The van der Waals surface area contributed by atoms with Crippen LogP contribution < -0.4 is 10.5 Å². The van der Waals surface area contributed by atoms with Gasteiger partial charge in [0.05, 0.1) is 23.1 Å². The van der Waals surface area contributed by atoms with Crippen LogP contribution in [0, 0.1) is 13.8 Å². The third-order valence-electron chi connectivity index (χ3n) is 3.60. The van der Waals surface area contributed by atoms with E-state index in [9.17, 15) is 13.2 Å². The number of sulfonamides is 1. The molecule has 1 unspecified atom stereocenters. The van der Waals surface area contributed by atoms with Gasteiger partial charge in [-0.05, 0) is 38.5 Å². The number of nitrogens with one attached hydrogen (secondary N) is 1. The highest BCUT2D eigenvalue weighted by Gasteiger charge is 2.16. The highest BCUT2D eigenvalue weighted by atomic mass is 32.2. The summed E-state index contributed by atoms with van der Waals surface area (Å²) in [6, 6.07) is 5.82. The molecule has 0 radical (unpaired) electrons. The molecule has 23 heavy (non-hydrogen) atoms. The number of hydrogen-bond donors (Lipinski definition) is 2. The second-order valence-electron chi connectivity index (χ2n) is 5.38. The lowest BCUT2D eigenvalue weighted by atomic mass is 10.1. The van der Waals surface area contributed by atoms with Crippen molar-refractivity contribution in [2.75, 3.05) is 0 Å². The van der Waals surface area contributed by atoms with Crippen LogP contribution in [0.25, 0.3) is 0 Å². The smallest absolute Gasteiger partial charge is 0.238 e. The van der Waals surface area contributed by atoms with Gasteiger partial charge >= 0.3 is 0 Å². The first kappa shape index (κ1) is 17.2. The Balaban J connectivity index is 2.04. The molecule has 0 bridgehead atoms. The molecule has 0 spiro atoms. The van der Waals surface area contributed by atoms with E-state index in [1.165, 1.54) is 12.1 Å². The summed E-state index contributed by atoms with van der Waals surface area (Å²) in [5, 5.41) is 11.7. The standard InChI is InChI=1S/C15H19N3O4S/c1-9(12-4-6-13(7-5-12)23(16,20)21)17-15(19)8-14-10(2)18-22-11(14)3/h4-7,9H,8H2,1-3H3,(H,17,19)(H2,16,20,21). The van der Waals surface area contributed by atoms with Gasteiger partial charge in [-0.15, -0.1) is 0 Å². The minimum atomic E-state index is -3.72. The van der Waals surface area contributed by atoms with Gasteiger partial charge in [0.25, 0.3) is 0 Å². The van der Waals surface area contributed by atoms with E-state index in [1.807, 2.05) is 6.92 Å². The maximum atomic E-state index is 12.1. The predicted octanol–water partition coefficient (Wildman–Crippen LogP) is 1.36. The third kappa shape index (κ3) is 4.17. The average molecular weight is 337 g/mol. The summed E-state index contributed by atoms with van der Waals surface area (Å²) in [5.74, 6) is 0.463. The number of benzene rings is 1. The molecule has 1 atom stereocenters. The fourth-order valence-electron chi connectivity index (χ4n) is 2.24. The van der Waals surface area contributed by atoms with E-state index < -0.39 is 10.0 Å². The summed E-state index contributed by atoms with van der Waals surface area (Å²) >= 11 is 0. The van der Waals surface area contributed by atoms with Crippen LogP contribution in [0.5, 0.6) is 0 Å². The van der Waals surface area contributed by atoms with Crippen LogP contribution in [0.2, 0.25) is 0 Å². The van der Waals surface area contributed by atoms with E-state index in [0.29, 0.717) is 11.5 Å². The molecule has 3 N–H and O–H groups in total. The summed E-state index contributed by atoms with van der Waals surface area (Å²) in [5.41, 5.74) is 2.26. The molecule has 0 saturated carbocycles. The lowest BCUT2D eigenvalue weighted by Gasteiger charge is -2.14. The van der Waals surface area contributed by atoms with Crippen LogP contribution in [0.3, 0.4) is 0 Å². The summed E-state index contributed by atoms with van der Waals surface area (Å²) in [6.45, 7) is 5.36. The summed E-state index contributed by atoms with van der Waals surface area (Å²) in [4.78, 5) is 12.2. The molecule has 124 valence electrons. The molecule has 0 aliphatic rings. The van der Waals surface area contributed by atoms with Crippen molar-refractivity contribution in [2.45, 2.75) is 38.1 Å². The molecule has 1 amide bonds. The summed E-state index contributed by atoms with van der Waals surface area (Å²) < 4.78 is 27.5. The normalized spacial score (nSPS) is 12.9. The second kappa shape index (κ2) is 6.51. The second-order valence-corrected chi connectivity index (χ2v) is 6.94. The Kier molecular flexibility index (Phi) is 4.86. The van der Waals surface area contributed by atoms with Gasteiger partial charge in [-0.3, -0.25) is 4.79 Å². The van der Waals surface area contributed by atoms with E-state index in [-0.39, 0.29) is 23.3 Å². The molecule has 1 heterocycles. The number of hydrogen-bond acceptors (Lipinski definition) is 5. The van der Waals surface area contributed by atoms with Gasteiger partial charge in [0.2, 0.25) is 15.9 Å². The van der Waals surface area contributed by atoms with Crippen LogP contribution in [-0.4, -0.2) is 19.5 Å². The zero-order valence-corrected chi connectivity index (χ0v) is 14.0. The lowest BCUT2D eigenvalue weighted by molar-refractivity contribution is -0.121. The molecule has 2 aromatic rings. The Morgan fingerprint density at radius 1 is 1.30 bits per heavy atom. The Labute approximate surface area is 134 Å². The number of rotatable bonds is 5. The van der Waals surface area contributed by atoms with Gasteiger partial charge in [-0.2, -0.15) is 0 Å². The molecular weight excluding hydrogens is 318 g/mol. The van der Waals surface area contributed by atoms with Gasteiger partial charge in [0, 0.05) is 5.56 Å². The first-order chi connectivity index (χ1) is 10.7. The number of carbonyl (C=O) groups excluding carboxylic acids is 1. The van der Waals surface area contributed by atoms with E-state index in [1.54, 1.807) is 26.0 Å². The lowest BCUT2D eigenvalue weighted by Crippen LogP contribution is -2.28. The predicted molar refractivity (Wildman–Crippen MR) is 84.1 cm³/mol. The molecule has 1 aromatic carbocycles. The average Bonchev–Trinajstić information content (AvgIpc) is 2.78. The highest BCUT2D eigenvalue weighted by molar-refractivity contribution is 7.89. The van der Waals surface area contributed by atoms with Crippen LogP contribution in [-0.2, 0) is 21.2 Å². The van der Waals surface area contributed by atoms with Crippen molar-refractivity contribution >= 4 is 15.9 Å². The number of nitrogens with two attached hydrogens (primary N) is 1. The molecule has 2 rings (SSSR count). The largest absolute Gasteiger partial charge is 0.361 e. The number of amides is 1. The van der Waals surface area contributed by atoms with Crippen LogP contribution >= 0.6 is 0 Å². The first-order valence-electron chi connectivity index (χ1n) is 7.02.